The monoisotopic (exact) mass is 158 g/mol. The molecule has 0 amide bonds. The van der Waals surface area contributed by atoms with Crippen LogP contribution in [0.15, 0.2) is 0 Å². The van der Waals surface area contributed by atoms with Gasteiger partial charge in [0.2, 0.25) is 0 Å². The molecule has 0 aromatic heterocycles. The Labute approximate surface area is 54.8 Å². The maximum absolute atomic E-state index is 3.91. The van der Waals surface area contributed by atoms with Crippen LogP contribution < -0.4 is 0 Å². The molecule has 0 aliphatic rings. The van der Waals surface area contributed by atoms with Crippen molar-refractivity contribution in [3.63, 3.8) is 0 Å². The summed E-state index contributed by atoms with van der Waals surface area (Å²) in [6, 6.07) is 0. The Morgan fingerprint density at radius 1 is 1.67 bits per heavy atom. The molecule has 0 fully saturated rings. The van der Waals surface area contributed by atoms with Crippen LogP contribution >= 0.6 is 42.1 Å². The van der Waals surface area contributed by atoms with E-state index in [1.165, 1.54) is 9.83 Å². The minimum atomic E-state index is 1.16. The molecule has 0 aliphatic heterocycles. The van der Waals surface area contributed by atoms with Gasteiger partial charge in [-0.2, -0.15) is 0 Å². The standard InChI is InChI=1S/C2H6S4/c1-2-4-6-5-3/h3H,2H2,1H3. The fourth-order valence-corrected chi connectivity index (χ4v) is 3.04. The fourth-order valence-electron chi connectivity index (χ4n) is 0.0696. The Morgan fingerprint density at radius 3 is 2.50 bits per heavy atom. The van der Waals surface area contributed by atoms with E-state index in [9.17, 15) is 0 Å². The number of thiol groups is 1. The Morgan fingerprint density at radius 2 is 2.33 bits per heavy atom. The Hall–Kier alpha value is 1.40. The van der Waals surface area contributed by atoms with Crippen LogP contribution in [-0.2, 0) is 0 Å². The molecule has 0 aliphatic carbocycles. The van der Waals surface area contributed by atoms with Crippen LogP contribution in [0.2, 0.25) is 0 Å². The van der Waals surface area contributed by atoms with Crippen LogP contribution in [0.3, 0.4) is 0 Å². The predicted molar refractivity (Wildman–Crippen MR) is 42.3 cm³/mol. The Bertz CT molecular complexity index is 17.5. The summed E-state index contributed by atoms with van der Waals surface area (Å²) >= 11 is 3.91. The molecule has 0 aromatic rings. The summed E-state index contributed by atoms with van der Waals surface area (Å²) < 4.78 is 0. The lowest BCUT2D eigenvalue weighted by Crippen LogP contribution is -1.49. The van der Waals surface area contributed by atoms with E-state index in [4.69, 9.17) is 0 Å². The molecule has 0 nitrogen and oxygen atoms in total. The Balaban J connectivity index is 2.34. The van der Waals surface area contributed by atoms with Gasteiger partial charge < -0.3 is 0 Å². The maximum atomic E-state index is 3.91. The van der Waals surface area contributed by atoms with E-state index in [-0.39, 0.29) is 0 Å². The highest BCUT2D eigenvalue weighted by Crippen LogP contribution is 2.36. The van der Waals surface area contributed by atoms with Gasteiger partial charge in [0, 0.05) is 5.75 Å². The molecule has 0 unspecified atom stereocenters. The minimum absolute atomic E-state index is 1.16. The van der Waals surface area contributed by atoms with E-state index in [0.717, 1.165) is 5.75 Å². The second-order valence-electron chi connectivity index (χ2n) is 0.549. The lowest BCUT2D eigenvalue weighted by Gasteiger charge is -1.84. The first-order chi connectivity index (χ1) is 2.91. The van der Waals surface area contributed by atoms with E-state index < -0.39 is 0 Å². The summed E-state index contributed by atoms with van der Waals surface area (Å²) in [7, 11) is 5.02. The van der Waals surface area contributed by atoms with Crippen LogP contribution in [-0.4, -0.2) is 5.75 Å². The van der Waals surface area contributed by atoms with Crippen molar-refractivity contribution >= 4 is 42.1 Å². The zero-order valence-corrected chi connectivity index (χ0v) is 6.72. The molecule has 0 bridgehead atoms. The molecule has 4 heteroatoms. The summed E-state index contributed by atoms with van der Waals surface area (Å²) in [4.78, 5) is 0. The first-order valence-electron chi connectivity index (χ1n) is 1.51. The van der Waals surface area contributed by atoms with Crippen LogP contribution in [0.4, 0.5) is 0 Å². The van der Waals surface area contributed by atoms with Gasteiger partial charge in [-0.25, -0.2) is 0 Å². The topological polar surface area (TPSA) is 0 Å². The normalized spacial score (nSPS) is 9.00. The third-order valence-electron chi connectivity index (χ3n) is 0.196. The van der Waals surface area contributed by atoms with Gasteiger partial charge >= 0.3 is 0 Å². The highest BCUT2D eigenvalue weighted by atomic mass is 33.7. The van der Waals surface area contributed by atoms with Crippen LogP contribution in [0.25, 0.3) is 0 Å². The molecule has 0 N–H and O–H groups in total. The lowest BCUT2D eigenvalue weighted by molar-refractivity contribution is 1.54. The summed E-state index contributed by atoms with van der Waals surface area (Å²) in [5.74, 6) is 1.16. The zero-order chi connectivity index (χ0) is 4.83. The van der Waals surface area contributed by atoms with Gasteiger partial charge in [0.1, 0.15) is 0 Å². The molecule has 0 saturated heterocycles. The van der Waals surface area contributed by atoms with Crippen molar-refractivity contribution in [3.8, 4) is 0 Å². The van der Waals surface area contributed by atoms with Gasteiger partial charge in [-0.05, 0) is 19.7 Å². The highest BCUT2D eigenvalue weighted by Gasteiger charge is 1.77. The molecule has 0 rings (SSSR count). The summed E-state index contributed by atoms with van der Waals surface area (Å²) in [6.45, 7) is 2.13. The molecule has 0 radical (unpaired) electrons. The maximum Gasteiger partial charge on any atom is 0.00169 e. The van der Waals surface area contributed by atoms with Gasteiger partial charge in [0.25, 0.3) is 0 Å². The molecular weight excluding hydrogens is 152 g/mol. The van der Waals surface area contributed by atoms with Crippen molar-refractivity contribution in [3.05, 3.63) is 0 Å². The van der Waals surface area contributed by atoms with Crippen molar-refractivity contribution in [1.82, 2.24) is 0 Å². The van der Waals surface area contributed by atoms with Gasteiger partial charge in [0.15, 0.2) is 0 Å². The van der Waals surface area contributed by atoms with Crippen LogP contribution in [0.5, 0.6) is 0 Å². The first-order valence-corrected chi connectivity index (χ1v) is 6.22. The molecule has 6 heavy (non-hydrogen) atoms. The average molecular weight is 158 g/mol. The van der Waals surface area contributed by atoms with E-state index >= 15 is 0 Å². The molecule has 0 heterocycles. The Kier molecular flexibility index (Phi) is 7.89. The van der Waals surface area contributed by atoms with E-state index in [2.05, 4.69) is 18.6 Å². The van der Waals surface area contributed by atoms with E-state index in [0.29, 0.717) is 0 Å². The fraction of sp³-hybridized carbons (Fsp3) is 1.00. The zero-order valence-electron chi connectivity index (χ0n) is 3.38. The van der Waals surface area contributed by atoms with Gasteiger partial charge in [0.05, 0.1) is 0 Å². The number of rotatable bonds is 3. The average Bonchev–Trinajstić information content (AvgIpc) is 1.61. The molecule has 38 valence electrons. The van der Waals surface area contributed by atoms with Crippen molar-refractivity contribution in [1.29, 1.82) is 0 Å². The third-order valence-corrected chi connectivity index (χ3v) is 4.82. The van der Waals surface area contributed by atoms with Gasteiger partial charge in [-0.1, -0.05) is 29.4 Å². The third kappa shape index (κ3) is 5.40. The van der Waals surface area contributed by atoms with Gasteiger partial charge in [-0.3, -0.25) is 0 Å². The summed E-state index contributed by atoms with van der Waals surface area (Å²) in [5, 5.41) is 0. The predicted octanol–water partition coefficient (Wildman–Crippen LogP) is 2.88. The molecular formula is C2H6S4. The summed E-state index contributed by atoms with van der Waals surface area (Å²) in [6.07, 6.45) is 0. The van der Waals surface area contributed by atoms with Crippen molar-refractivity contribution < 1.29 is 0 Å². The second kappa shape index (κ2) is 6.40. The second-order valence-corrected chi connectivity index (χ2v) is 5.78. The molecule has 0 atom stereocenters. The lowest BCUT2D eigenvalue weighted by atomic mass is 11.0. The number of hydrogen-bond acceptors (Lipinski definition) is 4. The van der Waals surface area contributed by atoms with E-state index in [1.807, 2.05) is 10.8 Å². The van der Waals surface area contributed by atoms with Crippen LogP contribution in [0, 0.1) is 0 Å². The SMILES string of the molecule is CCSSSS. The molecule has 0 aromatic carbocycles. The largest absolute Gasteiger partial charge is 0.0989 e. The first kappa shape index (κ1) is 7.40. The summed E-state index contributed by atoms with van der Waals surface area (Å²) in [5.41, 5.74) is 0. The minimum Gasteiger partial charge on any atom is -0.0989 e. The van der Waals surface area contributed by atoms with Crippen LogP contribution in [0.1, 0.15) is 6.92 Å². The smallest absolute Gasteiger partial charge is 0.00169 e. The van der Waals surface area contributed by atoms with Crippen molar-refractivity contribution in [2.45, 2.75) is 6.92 Å². The molecule has 0 spiro atoms. The highest BCUT2D eigenvalue weighted by molar-refractivity contribution is 9.23. The number of hydrogen-bond donors (Lipinski definition) is 1. The quantitative estimate of drug-likeness (QED) is 0.381. The van der Waals surface area contributed by atoms with Crippen molar-refractivity contribution in [2.75, 3.05) is 5.75 Å². The molecule has 0 saturated carbocycles. The van der Waals surface area contributed by atoms with Crippen molar-refractivity contribution in [2.24, 2.45) is 0 Å². The van der Waals surface area contributed by atoms with E-state index in [1.54, 1.807) is 9.83 Å². The van der Waals surface area contributed by atoms with Gasteiger partial charge in [-0.15, -0.1) is 0 Å².